The molecule has 0 unspecified atom stereocenters. The molecule has 16 heavy (non-hydrogen) atoms. The summed E-state index contributed by atoms with van der Waals surface area (Å²) in [6.07, 6.45) is -4.68. The Labute approximate surface area is 92.4 Å². The minimum atomic E-state index is -4.31. The maximum absolute atomic E-state index is 12.5. The normalized spacial score (nSPS) is 13.8. The molecule has 0 aliphatic rings. The van der Waals surface area contributed by atoms with Crippen molar-refractivity contribution in [2.75, 3.05) is 20.7 Å². The lowest BCUT2D eigenvalue weighted by Gasteiger charge is -2.16. The van der Waals surface area contributed by atoms with Crippen molar-refractivity contribution in [3.63, 3.8) is 0 Å². The van der Waals surface area contributed by atoms with Crippen LogP contribution in [-0.4, -0.2) is 20.7 Å². The van der Waals surface area contributed by atoms with Gasteiger partial charge in [-0.25, -0.2) is 0 Å². The smallest absolute Gasteiger partial charge is 0.375 e. The Bertz CT molecular complexity index is 338. The zero-order valence-electron chi connectivity index (χ0n) is 9.14. The number of alkyl halides is 3. The van der Waals surface area contributed by atoms with E-state index in [9.17, 15) is 13.2 Å². The maximum Gasteiger partial charge on any atom is 0.416 e. The number of rotatable bonds is 4. The number of methoxy groups -OCH3 is 1. The lowest BCUT2D eigenvalue weighted by atomic mass is 10.1. The van der Waals surface area contributed by atoms with Crippen LogP contribution in [0.25, 0.3) is 0 Å². The molecule has 0 heterocycles. The fourth-order valence-electron chi connectivity index (χ4n) is 1.44. The minimum absolute atomic E-state index is 0.368. The highest BCUT2D eigenvalue weighted by Crippen LogP contribution is 2.31. The third-order valence-corrected chi connectivity index (χ3v) is 2.26. The fourth-order valence-corrected chi connectivity index (χ4v) is 1.44. The van der Waals surface area contributed by atoms with Gasteiger partial charge in [-0.3, -0.25) is 0 Å². The minimum Gasteiger partial charge on any atom is -0.375 e. The molecule has 0 aliphatic heterocycles. The molecule has 1 atom stereocenters. The summed E-state index contributed by atoms with van der Waals surface area (Å²) in [6, 6.07) is 5.18. The maximum atomic E-state index is 12.5. The molecule has 0 aromatic heterocycles. The molecule has 1 aromatic carbocycles. The van der Waals surface area contributed by atoms with Gasteiger partial charge in [0, 0.05) is 13.7 Å². The van der Waals surface area contributed by atoms with Gasteiger partial charge in [-0.1, -0.05) is 12.1 Å². The molecule has 0 saturated carbocycles. The number of nitrogens with one attached hydrogen (secondary N) is 1. The van der Waals surface area contributed by atoms with Crippen molar-refractivity contribution in [1.29, 1.82) is 0 Å². The molecule has 5 heteroatoms. The second-order valence-electron chi connectivity index (χ2n) is 3.41. The summed E-state index contributed by atoms with van der Waals surface area (Å²) in [6.45, 7) is 0.470. The average molecular weight is 233 g/mol. The topological polar surface area (TPSA) is 21.3 Å². The molecule has 1 N–H and O–H groups in total. The van der Waals surface area contributed by atoms with Gasteiger partial charge in [0.05, 0.1) is 11.7 Å². The van der Waals surface area contributed by atoms with Gasteiger partial charge in [0.25, 0.3) is 0 Å². The first-order valence-corrected chi connectivity index (χ1v) is 4.83. The van der Waals surface area contributed by atoms with Gasteiger partial charge in [0.15, 0.2) is 0 Å². The van der Waals surface area contributed by atoms with E-state index in [4.69, 9.17) is 4.74 Å². The third kappa shape index (κ3) is 3.21. The van der Waals surface area contributed by atoms with Crippen LogP contribution in [0.4, 0.5) is 13.2 Å². The van der Waals surface area contributed by atoms with E-state index < -0.39 is 11.7 Å². The molecule has 2 nitrogen and oxygen atoms in total. The van der Waals surface area contributed by atoms with Gasteiger partial charge in [-0.05, 0) is 24.7 Å². The second kappa shape index (κ2) is 5.32. The van der Waals surface area contributed by atoms with Crippen molar-refractivity contribution in [2.24, 2.45) is 0 Å². The molecule has 90 valence electrons. The van der Waals surface area contributed by atoms with Crippen LogP contribution in [-0.2, 0) is 10.9 Å². The van der Waals surface area contributed by atoms with Crippen molar-refractivity contribution in [3.8, 4) is 0 Å². The van der Waals surface area contributed by atoms with Gasteiger partial charge in [-0.2, -0.15) is 13.2 Å². The molecule has 1 aromatic rings. The summed E-state index contributed by atoms with van der Waals surface area (Å²) in [4.78, 5) is 0. The zero-order chi connectivity index (χ0) is 12.2. The Morgan fingerprint density at radius 1 is 1.38 bits per heavy atom. The molecular formula is C11H14F3NO. The molecule has 0 fully saturated rings. The zero-order valence-corrected chi connectivity index (χ0v) is 9.14. The number of likely N-dealkylation sites (N-methyl/N-ethyl adjacent to an activating group) is 1. The Balaban J connectivity index is 2.97. The summed E-state index contributed by atoms with van der Waals surface area (Å²) in [5.74, 6) is 0. The molecule has 1 rings (SSSR count). The first-order valence-electron chi connectivity index (χ1n) is 4.83. The van der Waals surface area contributed by atoms with Crippen molar-refractivity contribution >= 4 is 0 Å². The largest absolute Gasteiger partial charge is 0.416 e. The molecule has 0 saturated heterocycles. The standard InChI is InChI=1S/C11H14F3NO/c1-15-7-10(16-2)8-4-3-5-9(6-8)11(12,13)14/h3-6,10,15H,7H2,1-2H3/t10-/m1/s1. The van der Waals surface area contributed by atoms with Crippen molar-refractivity contribution in [1.82, 2.24) is 5.32 Å². The van der Waals surface area contributed by atoms with Crippen LogP contribution in [0.1, 0.15) is 17.2 Å². The van der Waals surface area contributed by atoms with Gasteiger partial charge in [-0.15, -0.1) is 0 Å². The SMILES string of the molecule is CNC[C@@H](OC)c1cccc(C(F)(F)F)c1. The van der Waals surface area contributed by atoms with Crippen LogP contribution in [0.15, 0.2) is 24.3 Å². The summed E-state index contributed by atoms with van der Waals surface area (Å²) in [7, 11) is 3.20. The van der Waals surface area contributed by atoms with Crippen LogP contribution in [0.3, 0.4) is 0 Å². The van der Waals surface area contributed by atoms with Crippen molar-refractivity contribution in [2.45, 2.75) is 12.3 Å². The molecule has 0 bridgehead atoms. The summed E-state index contributed by atoms with van der Waals surface area (Å²) >= 11 is 0. The summed E-state index contributed by atoms with van der Waals surface area (Å²) in [5.41, 5.74) is -0.130. The van der Waals surface area contributed by atoms with Crippen molar-refractivity contribution in [3.05, 3.63) is 35.4 Å². The predicted octanol–water partition coefficient (Wildman–Crippen LogP) is 2.61. The quantitative estimate of drug-likeness (QED) is 0.863. The van der Waals surface area contributed by atoms with E-state index >= 15 is 0 Å². The Kier molecular flexibility index (Phi) is 4.32. The first kappa shape index (κ1) is 13.0. The van der Waals surface area contributed by atoms with Gasteiger partial charge < -0.3 is 10.1 Å². The molecule has 0 spiro atoms. The van der Waals surface area contributed by atoms with Crippen LogP contribution >= 0.6 is 0 Å². The first-order chi connectivity index (χ1) is 7.49. The number of halogens is 3. The number of hydrogen-bond acceptors (Lipinski definition) is 2. The molecule has 0 aliphatic carbocycles. The van der Waals surface area contributed by atoms with Crippen LogP contribution in [0, 0.1) is 0 Å². The molecule has 0 radical (unpaired) electrons. The van der Waals surface area contributed by atoms with Gasteiger partial charge in [0.1, 0.15) is 0 Å². The van der Waals surface area contributed by atoms with E-state index in [1.54, 1.807) is 13.1 Å². The highest BCUT2D eigenvalue weighted by molar-refractivity contribution is 5.27. The highest BCUT2D eigenvalue weighted by Gasteiger charge is 2.30. The monoisotopic (exact) mass is 233 g/mol. The Morgan fingerprint density at radius 3 is 2.56 bits per heavy atom. The highest BCUT2D eigenvalue weighted by atomic mass is 19.4. The van der Waals surface area contributed by atoms with E-state index in [0.29, 0.717) is 12.1 Å². The van der Waals surface area contributed by atoms with Crippen LogP contribution in [0.5, 0.6) is 0 Å². The van der Waals surface area contributed by atoms with Gasteiger partial charge in [0.2, 0.25) is 0 Å². The molecule has 0 amide bonds. The summed E-state index contributed by atoms with van der Waals surface area (Å²) < 4.78 is 42.5. The lowest BCUT2D eigenvalue weighted by molar-refractivity contribution is -0.137. The number of benzene rings is 1. The summed E-state index contributed by atoms with van der Waals surface area (Å²) in [5, 5.41) is 2.87. The Morgan fingerprint density at radius 2 is 2.06 bits per heavy atom. The number of hydrogen-bond donors (Lipinski definition) is 1. The van der Waals surface area contributed by atoms with E-state index in [1.807, 2.05) is 0 Å². The van der Waals surface area contributed by atoms with E-state index in [-0.39, 0.29) is 6.10 Å². The second-order valence-corrected chi connectivity index (χ2v) is 3.41. The fraction of sp³-hybridized carbons (Fsp3) is 0.455. The van der Waals surface area contributed by atoms with Gasteiger partial charge >= 0.3 is 6.18 Å². The lowest BCUT2D eigenvalue weighted by Crippen LogP contribution is -2.19. The van der Waals surface area contributed by atoms with Crippen LogP contribution in [0.2, 0.25) is 0 Å². The van der Waals surface area contributed by atoms with Crippen molar-refractivity contribution < 1.29 is 17.9 Å². The molecular weight excluding hydrogens is 219 g/mol. The predicted molar refractivity (Wildman–Crippen MR) is 55.1 cm³/mol. The Hall–Kier alpha value is -1.07. The van der Waals surface area contributed by atoms with E-state index in [2.05, 4.69) is 5.32 Å². The van der Waals surface area contributed by atoms with Crippen LogP contribution < -0.4 is 5.32 Å². The number of ether oxygens (including phenoxy) is 1. The van der Waals surface area contributed by atoms with E-state index in [1.165, 1.54) is 13.2 Å². The third-order valence-electron chi connectivity index (χ3n) is 2.26. The average Bonchev–Trinajstić information content (AvgIpc) is 2.25. The van der Waals surface area contributed by atoms with E-state index in [0.717, 1.165) is 12.1 Å².